The number of carbonyl (C=O) groups is 2. The Morgan fingerprint density at radius 1 is 1.40 bits per heavy atom. The van der Waals surface area contributed by atoms with E-state index in [9.17, 15) is 9.59 Å². The van der Waals surface area contributed by atoms with E-state index >= 15 is 0 Å². The Bertz CT molecular complexity index is 714. The van der Waals surface area contributed by atoms with Gasteiger partial charge in [0.2, 0.25) is 11.9 Å². The van der Waals surface area contributed by atoms with E-state index in [2.05, 4.69) is 10.3 Å². The van der Waals surface area contributed by atoms with Crippen LogP contribution in [0, 0.1) is 5.92 Å². The number of aliphatic imine (C=N–C) groups is 1. The quantitative estimate of drug-likeness (QED) is 0.630. The van der Waals surface area contributed by atoms with Crippen LogP contribution in [0.25, 0.3) is 0 Å². The number of guanidine groups is 1. The second kappa shape index (κ2) is 7.13. The van der Waals surface area contributed by atoms with Gasteiger partial charge in [-0.15, -0.1) is 0 Å². The molecule has 1 saturated heterocycles. The third-order valence-corrected chi connectivity index (χ3v) is 4.22. The first-order valence-electron chi connectivity index (χ1n) is 8.51. The van der Waals surface area contributed by atoms with Crippen molar-refractivity contribution in [3.05, 3.63) is 23.8 Å². The average Bonchev–Trinajstić information content (AvgIpc) is 2.86. The molecule has 0 radical (unpaired) electrons. The van der Waals surface area contributed by atoms with Gasteiger partial charge in [-0.25, -0.2) is 4.99 Å². The molecule has 2 aliphatic heterocycles. The second-order valence-corrected chi connectivity index (χ2v) is 6.57. The van der Waals surface area contributed by atoms with Crippen LogP contribution in [0.15, 0.2) is 23.2 Å². The van der Waals surface area contributed by atoms with Gasteiger partial charge in [0.15, 0.2) is 0 Å². The lowest BCUT2D eigenvalue weighted by Gasteiger charge is -2.29. The van der Waals surface area contributed by atoms with Crippen LogP contribution in [0.2, 0.25) is 0 Å². The molecule has 0 aromatic heterocycles. The minimum atomic E-state index is -0.282. The van der Waals surface area contributed by atoms with Crippen molar-refractivity contribution >= 4 is 23.5 Å². The summed E-state index contributed by atoms with van der Waals surface area (Å²) in [5.74, 6) is 1.31. The molecule has 1 unspecified atom stereocenters. The highest BCUT2D eigenvalue weighted by atomic mass is 16.5. The number of esters is 1. The number of rotatable bonds is 6. The number of nitrogens with one attached hydrogen (secondary N) is 1. The summed E-state index contributed by atoms with van der Waals surface area (Å²) in [4.78, 5) is 29.4. The molecule has 1 fully saturated rings. The Hall–Kier alpha value is -2.57. The summed E-state index contributed by atoms with van der Waals surface area (Å²) < 4.78 is 10.6. The molecule has 0 bridgehead atoms. The van der Waals surface area contributed by atoms with Gasteiger partial charge in [-0.05, 0) is 24.1 Å². The number of amides is 1. The Kier molecular flexibility index (Phi) is 4.92. The molecular formula is C18H23N3O4. The topological polar surface area (TPSA) is 80.2 Å². The summed E-state index contributed by atoms with van der Waals surface area (Å²) in [5, 5.41) is 2.86. The van der Waals surface area contributed by atoms with Crippen LogP contribution in [-0.2, 0) is 20.9 Å². The SMILES string of the molecule is CC(=O)OCCCOc1ccc2c(c1)CN1C(=N2)NC(=O)C1C(C)C. The highest BCUT2D eigenvalue weighted by Gasteiger charge is 2.40. The van der Waals surface area contributed by atoms with E-state index in [1.807, 2.05) is 36.9 Å². The fourth-order valence-corrected chi connectivity index (χ4v) is 3.11. The van der Waals surface area contributed by atoms with E-state index in [4.69, 9.17) is 9.47 Å². The van der Waals surface area contributed by atoms with Crippen molar-refractivity contribution in [1.82, 2.24) is 10.2 Å². The summed E-state index contributed by atoms with van der Waals surface area (Å²) in [5.41, 5.74) is 1.88. The third-order valence-electron chi connectivity index (χ3n) is 4.22. The normalized spacial score (nSPS) is 18.4. The number of nitrogens with zero attached hydrogens (tertiary/aromatic N) is 2. The maximum atomic E-state index is 12.2. The summed E-state index contributed by atoms with van der Waals surface area (Å²) >= 11 is 0. The average molecular weight is 345 g/mol. The van der Waals surface area contributed by atoms with Crippen molar-refractivity contribution < 1.29 is 19.1 Å². The van der Waals surface area contributed by atoms with E-state index in [-0.39, 0.29) is 23.8 Å². The van der Waals surface area contributed by atoms with Gasteiger partial charge >= 0.3 is 5.97 Å². The number of benzene rings is 1. The Balaban J connectivity index is 1.65. The van der Waals surface area contributed by atoms with Gasteiger partial charge in [0.05, 0.1) is 18.9 Å². The summed E-state index contributed by atoms with van der Waals surface area (Å²) in [7, 11) is 0. The molecule has 1 aromatic rings. The van der Waals surface area contributed by atoms with Crippen LogP contribution < -0.4 is 10.1 Å². The standard InChI is InChI=1S/C18H23N3O4/c1-11(2)16-17(23)20-18-19-15-6-5-14(9-13(15)10-21(16)18)25-8-4-7-24-12(3)22/h5-6,9,11,16H,4,7-8,10H2,1-3H3,(H,19,20,23). The fraction of sp³-hybridized carbons (Fsp3) is 0.500. The molecule has 2 heterocycles. The molecule has 7 nitrogen and oxygen atoms in total. The zero-order chi connectivity index (χ0) is 18.0. The first kappa shape index (κ1) is 17.3. The van der Waals surface area contributed by atoms with Gasteiger partial charge < -0.3 is 14.4 Å². The molecule has 0 spiro atoms. The van der Waals surface area contributed by atoms with Crippen molar-refractivity contribution in [3.8, 4) is 5.75 Å². The molecule has 0 aliphatic carbocycles. The van der Waals surface area contributed by atoms with E-state index in [0.717, 1.165) is 17.0 Å². The highest BCUT2D eigenvalue weighted by molar-refractivity contribution is 6.07. The first-order chi connectivity index (χ1) is 12.0. The molecular weight excluding hydrogens is 322 g/mol. The van der Waals surface area contributed by atoms with E-state index in [1.54, 1.807) is 0 Å². The molecule has 1 atom stereocenters. The van der Waals surface area contributed by atoms with Crippen LogP contribution in [0.3, 0.4) is 0 Å². The summed E-state index contributed by atoms with van der Waals surface area (Å²) in [6.07, 6.45) is 0.638. The van der Waals surface area contributed by atoms with Crippen molar-refractivity contribution in [2.24, 2.45) is 10.9 Å². The first-order valence-corrected chi connectivity index (χ1v) is 8.51. The molecule has 1 amide bonds. The largest absolute Gasteiger partial charge is 0.493 e. The van der Waals surface area contributed by atoms with E-state index in [1.165, 1.54) is 6.92 Å². The fourth-order valence-electron chi connectivity index (χ4n) is 3.11. The van der Waals surface area contributed by atoms with Gasteiger partial charge in [-0.3, -0.25) is 14.9 Å². The molecule has 0 saturated carbocycles. The van der Waals surface area contributed by atoms with Crippen molar-refractivity contribution in [3.63, 3.8) is 0 Å². The lowest BCUT2D eigenvalue weighted by atomic mass is 10.0. The molecule has 134 valence electrons. The minimum Gasteiger partial charge on any atom is -0.493 e. The lowest BCUT2D eigenvalue weighted by Crippen LogP contribution is -2.39. The van der Waals surface area contributed by atoms with Crippen LogP contribution >= 0.6 is 0 Å². The van der Waals surface area contributed by atoms with Crippen LogP contribution in [-0.4, -0.2) is 42.0 Å². The zero-order valence-corrected chi connectivity index (χ0v) is 14.7. The molecule has 1 aromatic carbocycles. The zero-order valence-electron chi connectivity index (χ0n) is 14.7. The number of hydrogen-bond donors (Lipinski definition) is 1. The van der Waals surface area contributed by atoms with Crippen molar-refractivity contribution in [1.29, 1.82) is 0 Å². The van der Waals surface area contributed by atoms with Crippen LogP contribution in [0.4, 0.5) is 5.69 Å². The molecule has 3 rings (SSSR count). The van der Waals surface area contributed by atoms with Gasteiger partial charge in [0.1, 0.15) is 11.8 Å². The molecule has 25 heavy (non-hydrogen) atoms. The van der Waals surface area contributed by atoms with Crippen LogP contribution in [0.5, 0.6) is 5.75 Å². The monoisotopic (exact) mass is 345 g/mol. The maximum absolute atomic E-state index is 12.2. The minimum absolute atomic E-state index is 0.00324. The predicted molar refractivity (Wildman–Crippen MR) is 92.6 cm³/mol. The van der Waals surface area contributed by atoms with E-state index < -0.39 is 0 Å². The number of carbonyl (C=O) groups excluding carboxylic acids is 2. The smallest absolute Gasteiger partial charge is 0.302 e. The molecule has 2 aliphatic rings. The maximum Gasteiger partial charge on any atom is 0.302 e. The third kappa shape index (κ3) is 3.75. The number of fused-ring (bicyclic) bond motifs is 2. The lowest BCUT2D eigenvalue weighted by molar-refractivity contribution is -0.141. The highest BCUT2D eigenvalue weighted by Crippen LogP contribution is 2.33. The Morgan fingerprint density at radius 2 is 2.20 bits per heavy atom. The van der Waals surface area contributed by atoms with Gasteiger partial charge in [0.25, 0.3) is 0 Å². The second-order valence-electron chi connectivity index (χ2n) is 6.57. The summed E-state index contributed by atoms with van der Waals surface area (Å²) in [6, 6.07) is 5.53. The van der Waals surface area contributed by atoms with Gasteiger partial charge in [-0.2, -0.15) is 0 Å². The van der Waals surface area contributed by atoms with Gasteiger partial charge in [0, 0.05) is 25.5 Å². The number of hydrogen-bond acceptors (Lipinski definition) is 6. The summed E-state index contributed by atoms with van der Waals surface area (Å²) in [6.45, 7) is 6.91. The van der Waals surface area contributed by atoms with Crippen LogP contribution in [0.1, 0.15) is 32.8 Å². The van der Waals surface area contributed by atoms with Crippen molar-refractivity contribution in [2.45, 2.75) is 39.8 Å². The molecule has 1 N–H and O–H groups in total. The Labute approximate surface area is 147 Å². The van der Waals surface area contributed by atoms with Crippen molar-refractivity contribution in [2.75, 3.05) is 13.2 Å². The van der Waals surface area contributed by atoms with E-state index in [0.29, 0.717) is 32.1 Å². The molecule has 7 heteroatoms. The van der Waals surface area contributed by atoms with Gasteiger partial charge in [-0.1, -0.05) is 13.8 Å². The Morgan fingerprint density at radius 3 is 2.92 bits per heavy atom. The number of ether oxygens (including phenoxy) is 2. The predicted octanol–water partition coefficient (Wildman–Crippen LogP) is 1.98.